The molecule has 2 heterocycles. The van der Waals surface area contributed by atoms with Crippen molar-refractivity contribution >= 4 is 27.2 Å². The van der Waals surface area contributed by atoms with Gasteiger partial charge in [-0.1, -0.05) is 13.0 Å². The Morgan fingerprint density at radius 1 is 1.55 bits per heavy atom. The number of carbonyl (C=O) groups is 1. The third-order valence-electron chi connectivity index (χ3n) is 3.44. The fraction of sp³-hybridized carbons (Fsp3) is 0.462. The number of anilines is 1. The van der Waals surface area contributed by atoms with E-state index in [0.717, 1.165) is 0 Å². The van der Waals surface area contributed by atoms with Gasteiger partial charge in [0.25, 0.3) is 0 Å². The van der Waals surface area contributed by atoms with Gasteiger partial charge < -0.3 is 10.5 Å². The summed E-state index contributed by atoms with van der Waals surface area (Å²) in [6.07, 6.45) is 3.51. The molecule has 8 nitrogen and oxygen atoms in total. The minimum absolute atomic E-state index is 0.0251. The Labute approximate surface area is 128 Å². The van der Waals surface area contributed by atoms with Crippen molar-refractivity contribution in [3.05, 3.63) is 23.7 Å². The number of rotatable bonds is 4. The molecule has 0 aliphatic carbocycles. The van der Waals surface area contributed by atoms with E-state index in [9.17, 15) is 13.2 Å². The molecule has 0 fully saturated rings. The second kappa shape index (κ2) is 6.41. The Balaban J connectivity index is 2.33. The molecule has 3 N–H and O–H groups in total. The average Bonchev–Trinajstić information content (AvgIpc) is 2.54. The van der Waals surface area contributed by atoms with Crippen LogP contribution in [0.5, 0.6) is 0 Å². The molecule has 0 saturated carbocycles. The maximum absolute atomic E-state index is 12.0. The van der Waals surface area contributed by atoms with E-state index >= 15 is 0 Å². The molecule has 1 atom stereocenters. The van der Waals surface area contributed by atoms with E-state index < -0.39 is 21.2 Å². The molecule has 0 saturated heterocycles. The number of aromatic nitrogens is 2. The topological polar surface area (TPSA) is 124 Å². The van der Waals surface area contributed by atoms with Crippen LogP contribution < -0.4 is 11.1 Å². The zero-order chi connectivity index (χ0) is 16.3. The first kappa shape index (κ1) is 16.4. The summed E-state index contributed by atoms with van der Waals surface area (Å²) in [5.41, 5.74) is 6.67. The van der Waals surface area contributed by atoms with Gasteiger partial charge in [0, 0.05) is 18.7 Å². The number of hydrogen-bond acceptors (Lipinski definition) is 8. The lowest BCUT2D eigenvalue weighted by Gasteiger charge is -2.23. The van der Waals surface area contributed by atoms with Crippen molar-refractivity contribution in [2.45, 2.75) is 18.7 Å². The summed E-state index contributed by atoms with van der Waals surface area (Å²) in [6.45, 7) is 2.01. The van der Waals surface area contributed by atoms with Gasteiger partial charge in [-0.25, -0.2) is 23.2 Å². The number of sulfone groups is 1. The van der Waals surface area contributed by atoms with Crippen LogP contribution in [0.2, 0.25) is 0 Å². The zero-order valence-corrected chi connectivity index (χ0v) is 13.2. The summed E-state index contributed by atoms with van der Waals surface area (Å²) in [7, 11) is -1.99. The second-order valence-electron chi connectivity index (χ2n) is 4.76. The van der Waals surface area contributed by atoms with E-state index in [-0.39, 0.29) is 23.7 Å². The van der Waals surface area contributed by atoms with Gasteiger partial charge in [0.2, 0.25) is 0 Å². The number of nitrogen functional groups attached to an aromatic ring is 1. The first-order valence-electron chi connectivity index (χ1n) is 6.74. The van der Waals surface area contributed by atoms with Crippen LogP contribution in [0.1, 0.15) is 29.5 Å². The smallest absolute Gasteiger partial charge is 0.360 e. The molecule has 1 aromatic rings. The van der Waals surface area contributed by atoms with E-state index in [1.54, 1.807) is 6.92 Å². The van der Waals surface area contributed by atoms with Crippen LogP contribution in [-0.4, -0.2) is 49.1 Å². The Hall–Kier alpha value is -2.00. The second-order valence-corrected chi connectivity index (χ2v) is 7.23. The Morgan fingerprint density at radius 2 is 2.27 bits per heavy atom. The first-order chi connectivity index (χ1) is 10.4. The molecule has 2 rings (SSSR count). The standard InChI is InChI=1S/C13H18N4O4S/c1-3-22(19,20)10-6-8(4-5-15-10)9-7-16-12(14)11(17-9)13(18)21-2/h4,7,10,15H,3,5-6H2,1-2H3,(H2,14,16). The molecule has 1 aliphatic rings. The average molecular weight is 326 g/mol. The zero-order valence-electron chi connectivity index (χ0n) is 12.4. The van der Waals surface area contributed by atoms with Crippen LogP contribution in [-0.2, 0) is 14.6 Å². The van der Waals surface area contributed by atoms with E-state index in [0.29, 0.717) is 17.8 Å². The van der Waals surface area contributed by atoms with Crippen LogP contribution in [0.3, 0.4) is 0 Å². The first-order valence-corrected chi connectivity index (χ1v) is 8.45. The Kier molecular flexibility index (Phi) is 4.77. The number of nitrogens with one attached hydrogen (secondary N) is 1. The quantitative estimate of drug-likeness (QED) is 0.740. The van der Waals surface area contributed by atoms with Crippen molar-refractivity contribution in [3.63, 3.8) is 0 Å². The number of carbonyl (C=O) groups excluding carboxylic acids is 1. The molecule has 0 bridgehead atoms. The van der Waals surface area contributed by atoms with Crippen LogP contribution in [0.15, 0.2) is 12.3 Å². The highest BCUT2D eigenvalue weighted by Gasteiger charge is 2.28. The lowest BCUT2D eigenvalue weighted by atomic mass is 10.1. The van der Waals surface area contributed by atoms with Crippen LogP contribution in [0.4, 0.5) is 5.82 Å². The SMILES string of the molecule is CCS(=O)(=O)C1CC(c2cnc(N)c(C(=O)OC)n2)=CCN1. The van der Waals surface area contributed by atoms with Crippen LogP contribution in [0.25, 0.3) is 5.57 Å². The van der Waals surface area contributed by atoms with Gasteiger partial charge in [-0.2, -0.15) is 0 Å². The predicted molar refractivity (Wildman–Crippen MR) is 81.6 cm³/mol. The van der Waals surface area contributed by atoms with Gasteiger partial charge in [0.1, 0.15) is 5.37 Å². The number of hydrogen-bond donors (Lipinski definition) is 2. The minimum Gasteiger partial charge on any atom is -0.464 e. The molecule has 0 amide bonds. The van der Waals surface area contributed by atoms with Gasteiger partial charge in [0.15, 0.2) is 21.3 Å². The molecule has 9 heteroatoms. The fourth-order valence-electron chi connectivity index (χ4n) is 2.13. The largest absolute Gasteiger partial charge is 0.464 e. The van der Waals surface area contributed by atoms with Crippen molar-refractivity contribution in [1.29, 1.82) is 0 Å². The number of esters is 1. The normalized spacial score (nSPS) is 18.6. The van der Waals surface area contributed by atoms with Gasteiger partial charge in [0.05, 0.1) is 19.0 Å². The summed E-state index contributed by atoms with van der Waals surface area (Å²) >= 11 is 0. The number of methoxy groups -OCH3 is 1. The summed E-state index contributed by atoms with van der Waals surface area (Å²) in [5.74, 6) is -0.652. The highest BCUT2D eigenvalue weighted by molar-refractivity contribution is 7.91. The maximum Gasteiger partial charge on any atom is 0.360 e. The lowest BCUT2D eigenvalue weighted by molar-refractivity contribution is 0.0595. The highest BCUT2D eigenvalue weighted by Crippen LogP contribution is 2.24. The van der Waals surface area contributed by atoms with Crippen molar-refractivity contribution in [2.75, 3.05) is 25.1 Å². The third kappa shape index (κ3) is 3.25. The van der Waals surface area contributed by atoms with Crippen LogP contribution >= 0.6 is 0 Å². The summed E-state index contributed by atoms with van der Waals surface area (Å²) < 4.78 is 28.6. The monoisotopic (exact) mass is 326 g/mol. The summed E-state index contributed by atoms with van der Waals surface area (Å²) in [4.78, 5) is 19.7. The highest BCUT2D eigenvalue weighted by atomic mass is 32.2. The number of ether oxygens (including phenoxy) is 1. The molecule has 22 heavy (non-hydrogen) atoms. The van der Waals surface area contributed by atoms with Crippen LogP contribution in [0, 0.1) is 0 Å². The molecule has 0 radical (unpaired) electrons. The third-order valence-corrected chi connectivity index (χ3v) is 5.45. The summed E-state index contributed by atoms with van der Waals surface area (Å²) in [5, 5.41) is 2.27. The maximum atomic E-state index is 12.0. The number of nitrogens with zero attached hydrogens (tertiary/aromatic N) is 2. The molecule has 120 valence electrons. The molecule has 0 aromatic carbocycles. The number of nitrogens with two attached hydrogens (primary N) is 1. The lowest BCUT2D eigenvalue weighted by Crippen LogP contribution is -2.40. The van der Waals surface area contributed by atoms with E-state index in [2.05, 4.69) is 20.0 Å². The van der Waals surface area contributed by atoms with Gasteiger partial charge in [-0.3, -0.25) is 5.32 Å². The van der Waals surface area contributed by atoms with Gasteiger partial charge in [-0.05, 0) is 5.57 Å². The predicted octanol–water partition coefficient (Wildman–Crippen LogP) is -0.0171. The molecular formula is C13H18N4O4S. The Morgan fingerprint density at radius 3 is 2.91 bits per heavy atom. The van der Waals surface area contributed by atoms with Crippen molar-refractivity contribution in [3.8, 4) is 0 Å². The molecule has 0 spiro atoms. The molecule has 1 aliphatic heterocycles. The summed E-state index contributed by atoms with van der Waals surface area (Å²) in [6, 6.07) is 0. The van der Waals surface area contributed by atoms with E-state index in [1.165, 1.54) is 13.3 Å². The van der Waals surface area contributed by atoms with Crippen molar-refractivity contribution < 1.29 is 17.9 Å². The van der Waals surface area contributed by atoms with Gasteiger partial charge in [-0.15, -0.1) is 0 Å². The van der Waals surface area contributed by atoms with Crippen molar-refractivity contribution in [1.82, 2.24) is 15.3 Å². The minimum atomic E-state index is -3.22. The fourth-order valence-corrected chi connectivity index (χ4v) is 3.32. The Bertz CT molecular complexity index is 715. The molecule has 1 aromatic heterocycles. The molecule has 1 unspecified atom stereocenters. The van der Waals surface area contributed by atoms with E-state index in [4.69, 9.17) is 5.73 Å². The molecular weight excluding hydrogens is 308 g/mol. The van der Waals surface area contributed by atoms with E-state index in [1.807, 2.05) is 6.08 Å². The van der Waals surface area contributed by atoms with Gasteiger partial charge >= 0.3 is 5.97 Å². The van der Waals surface area contributed by atoms with Crippen molar-refractivity contribution in [2.24, 2.45) is 0 Å².